The smallest absolute Gasteiger partial charge is 0.0355 e. The van der Waals surface area contributed by atoms with E-state index in [1.165, 1.54) is 228 Å². The van der Waals surface area contributed by atoms with Crippen LogP contribution in [-0.2, 0) is 0 Å². The van der Waals surface area contributed by atoms with Crippen LogP contribution in [0.1, 0.15) is 0 Å². The molecule has 0 bridgehead atoms. The Balaban J connectivity index is 1.06. The number of thiophene rings is 1. The van der Waals surface area contributed by atoms with Crippen molar-refractivity contribution in [2.75, 3.05) is 0 Å². The minimum atomic E-state index is 1.21. The number of hydrogen-bond donors (Lipinski definition) is 0. The Hall–Kier alpha value is -11.5. The van der Waals surface area contributed by atoms with Crippen molar-refractivity contribution in [2.45, 2.75) is 0 Å². The molecule has 0 amide bonds. The molecule has 0 nitrogen and oxygen atoms in total. The van der Waals surface area contributed by atoms with Gasteiger partial charge in [-0.15, -0.1) is 11.3 Å². The molecule has 0 aliphatic heterocycles. The first kappa shape index (κ1) is 48.5. The van der Waals surface area contributed by atoms with Gasteiger partial charge in [-0.1, -0.05) is 279 Å². The van der Waals surface area contributed by atoms with Gasteiger partial charge in [0.05, 0.1) is 0 Å². The molecular weight excluding hydrogens is 1110 g/mol. The van der Waals surface area contributed by atoms with Crippen molar-refractivity contribution in [2.24, 2.45) is 0 Å². The van der Waals surface area contributed by atoms with Gasteiger partial charge >= 0.3 is 0 Å². The number of hydrogen-bond acceptors (Lipinski definition) is 1. The van der Waals surface area contributed by atoms with Gasteiger partial charge in [-0.2, -0.15) is 0 Å². The highest BCUT2D eigenvalue weighted by atomic mass is 32.1. The monoisotopic (exact) mass is 1160 g/mol. The van der Waals surface area contributed by atoms with Crippen LogP contribution < -0.4 is 0 Å². The fourth-order valence-electron chi connectivity index (χ4n) is 17.5. The molecule has 22 rings (SSSR count). The van der Waals surface area contributed by atoms with E-state index < -0.39 is 0 Å². The van der Waals surface area contributed by atoms with Crippen molar-refractivity contribution in [1.82, 2.24) is 0 Å². The molecule has 21 aromatic carbocycles. The predicted molar refractivity (Wildman–Crippen MR) is 395 cm³/mol. The van der Waals surface area contributed by atoms with Gasteiger partial charge in [-0.25, -0.2) is 0 Å². The van der Waals surface area contributed by atoms with Gasteiger partial charge in [0.1, 0.15) is 0 Å². The first-order chi connectivity index (χ1) is 45.1. The maximum Gasteiger partial charge on any atom is 0.0355 e. The summed E-state index contributed by atoms with van der Waals surface area (Å²) in [5, 5.41) is 40.3. The van der Waals surface area contributed by atoms with Gasteiger partial charge in [0.2, 0.25) is 0 Å². The summed E-state index contributed by atoms with van der Waals surface area (Å²) in [6.45, 7) is 0. The Morgan fingerprint density at radius 1 is 0.143 bits per heavy atom. The zero-order chi connectivity index (χ0) is 58.9. The molecule has 0 saturated carbocycles. The van der Waals surface area contributed by atoms with E-state index in [4.69, 9.17) is 0 Å². The maximum absolute atomic E-state index is 2.50. The van der Waals surface area contributed by atoms with Crippen LogP contribution >= 0.6 is 11.3 Å². The Morgan fingerprint density at radius 2 is 0.330 bits per heavy atom. The molecule has 1 aromatic heterocycles. The van der Waals surface area contributed by atoms with Crippen LogP contribution in [0.3, 0.4) is 0 Å². The van der Waals surface area contributed by atoms with E-state index in [-0.39, 0.29) is 0 Å². The Bertz CT molecular complexity index is 6460. The molecule has 0 fully saturated rings. The molecular formula is C90H48S. The van der Waals surface area contributed by atoms with Crippen LogP contribution in [0.2, 0.25) is 0 Å². The Labute approximate surface area is 526 Å². The number of rotatable bonds is 6. The van der Waals surface area contributed by atoms with Gasteiger partial charge in [-0.05, 0) is 218 Å². The lowest BCUT2D eigenvalue weighted by molar-refractivity contribution is 1.58. The van der Waals surface area contributed by atoms with Crippen LogP contribution in [0.25, 0.3) is 228 Å². The van der Waals surface area contributed by atoms with E-state index in [9.17, 15) is 0 Å². The van der Waals surface area contributed by atoms with E-state index in [0.717, 1.165) is 0 Å². The Morgan fingerprint density at radius 3 is 0.538 bits per heavy atom. The molecule has 414 valence electrons. The van der Waals surface area contributed by atoms with Crippen LogP contribution in [-0.4, -0.2) is 0 Å². The van der Waals surface area contributed by atoms with E-state index >= 15 is 0 Å². The normalized spacial score (nSPS) is 12.6. The lowest BCUT2D eigenvalue weighted by Gasteiger charge is -2.31. The molecule has 0 saturated heterocycles. The Kier molecular flexibility index (Phi) is 9.41. The summed E-state index contributed by atoms with van der Waals surface area (Å²) in [6, 6.07) is 111. The van der Waals surface area contributed by atoms with Gasteiger partial charge in [0, 0.05) is 21.6 Å². The summed E-state index contributed by atoms with van der Waals surface area (Å²) in [4.78, 5) is 1.22. The highest BCUT2D eigenvalue weighted by molar-refractivity contribution is 7.13. The topological polar surface area (TPSA) is 0 Å². The summed E-state index contributed by atoms with van der Waals surface area (Å²) < 4.78 is 0. The average molecular weight is 1160 g/mol. The van der Waals surface area contributed by atoms with Crippen molar-refractivity contribution in [3.05, 3.63) is 290 Å². The summed E-state index contributed by atoms with van der Waals surface area (Å²) in [5.74, 6) is 0. The summed E-state index contributed by atoms with van der Waals surface area (Å²) in [7, 11) is 0. The largest absolute Gasteiger partial charge is 0.144 e. The second-order valence-corrected chi connectivity index (χ2v) is 26.5. The maximum atomic E-state index is 2.50. The third kappa shape index (κ3) is 6.38. The fraction of sp³-hybridized carbons (Fsp3) is 0. The molecule has 0 aliphatic carbocycles. The van der Waals surface area contributed by atoms with E-state index in [0.29, 0.717) is 0 Å². The zero-order valence-electron chi connectivity index (χ0n) is 49.1. The molecule has 0 N–H and O–H groups in total. The minimum Gasteiger partial charge on any atom is -0.144 e. The molecule has 0 atom stereocenters. The first-order valence-corrected chi connectivity index (χ1v) is 32.7. The lowest BCUT2D eigenvalue weighted by Crippen LogP contribution is -2.04. The van der Waals surface area contributed by atoms with Gasteiger partial charge in [0.25, 0.3) is 0 Å². The van der Waals surface area contributed by atoms with Crippen LogP contribution in [0.5, 0.6) is 0 Å². The molecule has 0 radical (unpaired) electrons. The van der Waals surface area contributed by atoms with E-state index in [2.05, 4.69) is 290 Å². The van der Waals surface area contributed by atoms with Gasteiger partial charge in [-0.3, -0.25) is 0 Å². The second-order valence-electron chi connectivity index (χ2n) is 25.6. The van der Waals surface area contributed by atoms with Crippen molar-refractivity contribution in [1.29, 1.82) is 0 Å². The van der Waals surface area contributed by atoms with Crippen LogP contribution in [0, 0.1) is 0 Å². The van der Waals surface area contributed by atoms with E-state index in [1.807, 2.05) is 11.3 Å². The van der Waals surface area contributed by atoms with Crippen molar-refractivity contribution in [3.63, 3.8) is 0 Å². The fourth-order valence-corrected chi connectivity index (χ4v) is 18.3. The zero-order valence-corrected chi connectivity index (χ0v) is 49.9. The molecule has 0 unspecified atom stereocenters. The lowest BCUT2D eigenvalue weighted by atomic mass is 9.71. The summed E-state index contributed by atoms with van der Waals surface area (Å²) in [5.41, 5.74) is 13.5. The third-order valence-corrected chi connectivity index (χ3v) is 22.1. The molecule has 22 aromatic rings. The predicted octanol–water partition coefficient (Wildman–Crippen LogP) is 26.2. The second kappa shape index (κ2) is 17.6. The first-order valence-electron chi connectivity index (χ1n) is 31.8. The van der Waals surface area contributed by atoms with E-state index in [1.54, 1.807) is 0 Å². The number of benzene rings is 21. The van der Waals surface area contributed by atoms with Gasteiger partial charge in [0.15, 0.2) is 0 Å². The molecule has 1 heterocycles. The van der Waals surface area contributed by atoms with Gasteiger partial charge < -0.3 is 0 Å². The summed E-state index contributed by atoms with van der Waals surface area (Å²) in [6.07, 6.45) is 0. The standard InChI is InChI=1S/C90H48S/c1-7-49-18-23-59-33-43-69(64-38-28-54(12-1)75(49)80(59)64)85-86(70-44-34-60-24-19-50-8-2-13-55-29-39-65(70)81(60)76(50)55)88(72-46-36-62-26-21-52-10-4-15-57-31-41-67(72)83(62)78(52)57)90(74-17-6-48-91-74)89(73-47-37-63-27-22-53-11-5-16-58-32-42-68(73)84(63)79(53)58)87(85)71-45-35-61-25-20-51-9-3-14-56-30-40-66(71)82(61)77(51)56/h1-48H. The highest BCUT2D eigenvalue weighted by Crippen LogP contribution is 2.62. The molecule has 0 spiro atoms. The minimum absolute atomic E-state index is 1.21. The molecule has 91 heavy (non-hydrogen) atoms. The average Bonchev–Trinajstić information content (AvgIpc) is 1.09. The van der Waals surface area contributed by atoms with Crippen molar-refractivity contribution < 1.29 is 0 Å². The third-order valence-electron chi connectivity index (χ3n) is 21.3. The van der Waals surface area contributed by atoms with Crippen molar-refractivity contribution >= 4 is 173 Å². The molecule has 1 heteroatoms. The van der Waals surface area contributed by atoms with Crippen molar-refractivity contribution in [3.8, 4) is 66.1 Å². The van der Waals surface area contributed by atoms with Crippen LogP contribution in [0.4, 0.5) is 0 Å². The summed E-state index contributed by atoms with van der Waals surface area (Å²) >= 11 is 1.86. The SMILES string of the molecule is c1csc(-c2c(-c3ccc4ccc5cccc6ccc3c4c56)c(-c3ccc4ccc5cccc6ccc3c4c56)c(-c3ccc4ccc5cccc6ccc3c4c56)c(-c3ccc4ccc5cccc6ccc3c4c56)c2-c2ccc3ccc4cccc5ccc2c3c45)c1. The molecule has 0 aliphatic rings. The van der Waals surface area contributed by atoms with Crippen LogP contribution in [0.15, 0.2) is 290 Å². The highest BCUT2D eigenvalue weighted by Gasteiger charge is 2.34. The quantitative estimate of drug-likeness (QED) is 0.146.